The van der Waals surface area contributed by atoms with Crippen molar-refractivity contribution in [2.24, 2.45) is 0 Å². The molecule has 0 saturated carbocycles. The number of carboxylic acids is 1. The molecule has 0 spiro atoms. The number of nitrogens with zero attached hydrogens (tertiary/aromatic N) is 4. The van der Waals surface area contributed by atoms with Crippen molar-refractivity contribution in [3.63, 3.8) is 0 Å². The Morgan fingerprint density at radius 1 is 1.12 bits per heavy atom. The average Bonchev–Trinajstić information content (AvgIpc) is 3.34. The number of aryl methyl sites for hydroxylation is 1. The van der Waals surface area contributed by atoms with Gasteiger partial charge < -0.3 is 14.2 Å². The number of hydrogen-bond acceptors (Lipinski definition) is 4. The number of carbonyl (C=O) groups is 1. The first-order valence-electron chi connectivity index (χ1n) is 10.5. The SMILES string of the molecule is CCn1c(S/C(=C\c2cc(C)n(-c3ccc(Br)cc3)c2C)C(=O)O)nnc1-c1ccc(Cl)cc1. The zero-order valence-corrected chi connectivity index (χ0v) is 21.9. The molecule has 4 aromatic rings. The molecular weight excluding hydrogens is 536 g/mol. The summed E-state index contributed by atoms with van der Waals surface area (Å²) in [6.07, 6.45) is 1.70. The highest BCUT2D eigenvalue weighted by Crippen LogP contribution is 2.32. The monoisotopic (exact) mass is 556 g/mol. The molecule has 2 aromatic carbocycles. The molecule has 0 aliphatic rings. The fourth-order valence-electron chi connectivity index (χ4n) is 3.76. The number of aliphatic carboxylic acids is 1. The number of rotatable bonds is 7. The highest BCUT2D eigenvalue weighted by molar-refractivity contribution is 9.10. The summed E-state index contributed by atoms with van der Waals surface area (Å²) in [7, 11) is 0. The van der Waals surface area contributed by atoms with Gasteiger partial charge in [-0.1, -0.05) is 27.5 Å². The van der Waals surface area contributed by atoms with Crippen LogP contribution in [0.4, 0.5) is 0 Å². The molecule has 0 aliphatic carbocycles. The van der Waals surface area contributed by atoms with Gasteiger partial charge in [-0.15, -0.1) is 10.2 Å². The largest absolute Gasteiger partial charge is 0.477 e. The zero-order valence-electron chi connectivity index (χ0n) is 18.8. The summed E-state index contributed by atoms with van der Waals surface area (Å²) < 4.78 is 5.01. The van der Waals surface area contributed by atoms with E-state index in [2.05, 4.69) is 30.7 Å². The van der Waals surface area contributed by atoms with Gasteiger partial charge in [0, 0.05) is 38.7 Å². The third-order valence-corrected chi connectivity index (χ3v) is 7.17. The van der Waals surface area contributed by atoms with Gasteiger partial charge in [-0.3, -0.25) is 0 Å². The second kappa shape index (κ2) is 10.2. The summed E-state index contributed by atoms with van der Waals surface area (Å²) in [5, 5.41) is 19.7. The van der Waals surface area contributed by atoms with Crippen molar-refractivity contribution in [1.82, 2.24) is 19.3 Å². The summed E-state index contributed by atoms with van der Waals surface area (Å²) >= 11 is 10.6. The second-order valence-electron chi connectivity index (χ2n) is 7.61. The van der Waals surface area contributed by atoms with Crippen LogP contribution in [-0.2, 0) is 11.3 Å². The normalized spacial score (nSPS) is 11.7. The Morgan fingerprint density at radius 3 is 2.41 bits per heavy atom. The summed E-state index contributed by atoms with van der Waals surface area (Å²) in [5.41, 5.74) is 4.69. The van der Waals surface area contributed by atoms with Crippen LogP contribution < -0.4 is 0 Å². The standard InChI is InChI=1S/C25H22BrClN4O2S/c1-4-30-23(17-5-9-20(27)10-6-17)28-29-25(30)34-22(24(32)33)14-18-13-15(2)31(16(18)3)21-11-7-19(26)8-12-21/h5-14H,4H2,1-3H3,(H,32,33)/b22-14-. The molecule has 0 bridgehead atoms. The molecule has 0 aliphatic heterocycles. The maximum Gasteiger partial charge on any atom is 0.342 e. The number of aromatic nitrogens is 4. The third kappa shape index (κ3) is 4.99. The van der Waals surface area contributed by atoms with E-state index in [0.717, 1.165) is 44.4 Å². The van der Waals surface area contributed by atoms with E-state index < -0.39 is 5.97 Å². The molecule has 2 heterocycles. The van der Waals surface area contributed by atoms with Gasteiger partial charge in [-0.05, 0) is 98.8 Å². The van der Waals surface area contributed by atoms with E-state index in [1.165, 1.54) is 0 Å². The molecule has 34 heavy (non-hydrogen) atoms. The minimum absolute atomic E-state index is 0.167. The Kier molecular flexibility index (Phi) is 7.30. The second-order valence-corrected chi connectivity index (χ2v) is 9.97. The van der Waals surface area contributed by atoms with Gasteiger partial charge in [0.05, 0.1) is 0 Å². The maximum absolute atomic E-state index is 12.2. The smallest absolute Gasteiger partial charge is 0.342 e. The zero-order chi connectivity index (χ0) is 24.4. The van der Waals surface area contributed by atoms with E-state index in [-0.39, 0.29) is 4.91 Å². The van der Waals surface area contributed by atoms with Crippen molar-refractivity contribution in [1.29, 1.82) is 0 Å². The van der Waals surface area contributed by atoms with Crippen molar-refractivity contribution in [2.45, 2.75) is 32.5 Å². The van der Waals surface area contributed by atoms with Crippen molar-refractivity contribution >= 4 is 51.3 Å². The van der Waals surface area contributed by atoms with E-state index in [9.17, 15) is 9.90 Å². The van der Waals surface area contributed by atoms with Gasteiger partial charge in [0.25, 0.3) is 0 Å². The minimum Gasteiger partial charge on any atom is -0.477 e. The van der Waals surface area contributed by atoms with Crippen molar-refractivity contribution in [2.75, 3.05) is 0 Å². The number of hydrogen-bond donors (Lipinski definition) is 1. The van der Waals surface area contributed by atoms with Crippen LogP contribution in [0, 0.1) is 13.8 Å². The lowest BCUT2D eigenvalue weighted by Gasteiger charge is -2.10. The molecule has 6 nitrogen and oxygen atoms in total. The van der Waals surface area contributed by atoms with E-state index in [0.29, 0.717) is 22.5 Å². The molecule has 2 aromatic heterocycles. The van der Waals surface area contributed by atoms with Gasteiger partial charge in [-0.25, -0.2) is 4.79 Å². The van der Waals surface area contributed by atoms with E-state index in [1.54, 1.807) is 18.2 Å². The molecule has 9 heteroatoms. The highest BCUT2D eigenvalue weighted by atomic mass is 79.9. The summed E-state index contributed by atoms with van der Waals surface area (Å²) in [6.45, 7) is 6.56. The molecule has 0 radical (unpaired) electrons. The molecule has 4 rings (SSSR count). The maximum atomic E-state index is 12.2. The van der Waals surface area contributed by atoms with Crippen molar-refractivity contribution in [3.05, 3.63) is 85.9 Å². The van der Waals surface area contributed by atoms with Crippen LogP contribution >= 0.6 is 39.3 Å². The quantitative estimate of drug-likeness (QED) is 0.195. The van der Waals surface area contributed by atoms with Crippen LogP contribution in [0.15, 0.2) is 69.1 Å². The summed E-state index contributed by atoms with van der Waals surface area (Å²) in [6, 6.07) is 17.3. The van der Waals surface area contributed by atoms with Crippen LogP contribution in [0.5, 0.6) is 0 Å². The Morgan fingerprint density at radius 2 is 1.79 bits per heavy atom. The first-order valence-corrected chi connectivity index (χ1v) is 12.5. The van der Waals surface area contributed by atoms with E-state index in [1.807, 2.05) is 67.8 Å². The number of carboxylic acid groups (broad SMARTS) is 1. The van der Waals surface area contributed by atoms with Gasteiger partial charge in [-0.2, -0.15) is 0 Å². The van der Waals surface area contributed by atoms with Gasteiger partial charge in [0.1, 0.15) is 4.91 Å². The molecular formula is C25H22BrClN4O2S. The number of halogens is 2. The van der Waals surface area contributed by atoms with Gasteiger partial charge >= 0.3 is 5.97 Å². The number of benzene rings is 2. The Bertz CT molecular complexity index is 1380. The third-order valence-electron chi connectivity index (χ3n) is 5.39. The van der Waals surface area contributed by atoms with Gasteiger partial charge in [0.2, 0.25) is 0 Å². The molecule has 0 saturated heterocycles. The highest BCUT2D eigenvalue weighted by Gasteiger charge is 2.19. The molecule has 0 amide bonds. The lowest BCUT2D eigenvalue weighted by Crippen LogP contribution is -2.03. The molecule has 0 unspecified atom stereocenters. The number of thioether (sulfide) groups is 1. The van der Waals surface area contributed by atoms with Gasteiger partial charge in [0.15, 0.2) is 11.0 Å². The first-order chi connectivity index (χ1) is 16.3. The lowest BCUT2D eigenvalue weighted by atomic mass is 10.2. The molecule has 0 atom stereocenters. The van der Waals surface area contributed by atoms with E-state index in [4.69, 9.17) is 11.6 Å². The fraction of sp³-hybridized carbons (Fsp3) is 0.160. The molecule has 0 fully saturated rings. The molecule has 174 valence electrons. The average molecular weight is 558 g/mol. The predicted molar refractivity (Wildman–Crippen MR) is 141 cm³/mol. The van der Waals surface area contributed by atoms with Crippen LogP contribution in [0.25, 0.3) is 23.2 Å². The van der Waals surface area contributed by atoms with Crippen LogP contribution in [0.2, 0.25) is 5.02 Å². The topological polar surface area (TPSA) is 72.9 Å². The molecule has 1 N–H and O–H groups in total. The van der Waals surface area contributed by atoms with E-state index >= 15 is 0 Å². The first kappa shape index (κ1) is 24.3. The Hall–Kier alpha value is -2.81. The summed E-state index contributed by atoms with van der Waals surface area (Å²) in [4.78, 5) is 12.3. The van der Waals surface area contributed by atoms with Crippen LogP contribution in [0.3, 0.4) is 0 Å². The summed E-state index contributed by atoms with van der Waals surface area (Å²) in [5.74, 6) is -0.350. The minimum atomic E-state index is -1.02. The Balaban J connectivity index is 1.70. The van der Waals surface area contributed by atoms with Crippen LogP contribution in [-0.4, -0.2) is 30.4 Å². The predicted octanol–water partition coefficient (Wildman–Crippen LogP) is 7.01. The fourth-order valence-corrected chi connectivity index (χ4v) is 5.03. The van der Waals surface area contributed by atoms with Crippen LogP contribution in [0.1, 0.15) is 23.9 Å². The van der Waals surface area contributed by atoms with Crippen molar-refractivity contribution in [3.8, 4) is 17.1 Å². The Labute approximate surface area is 215 Å². The van der Waals surface area contributed by atoms with Crippen molar-refractivity contribution < 1.29 is 9.90 Å². The lowest BCUT2D eigenvalue weighted by molar-refractivity contribution is -0.131.